The zero-order chi connectivity index (χ0) is 91.4. The fraction of sp³-hybridized carbons (Fsp3) is 0.429. The molecule has 0 saturated carbocycles. The fourth-order valence-corrected chi connectivity index (χ4v) is 20.1. The number of hydrogen-bond acceptors (Lipinski definition) is 4. The fourth-order valence-electron chi connectivity index (χ4n) is 20.1. The topological polar surface area (TPSA) is 13.0 Å². The second-order valence-corrected chi connectivity index (χ2v) is 39.9. The summed E-state index contributed by atoms with van der Waals surface area (Å²) in [6.45, 7) is 65.3. The molecule has 0 bridgehead atoms. The molecular weight excluding hydrogens is 1550 g/mol. The zero-order valence-electron chi connectivity index (χ0n) is 79.8. The average molecular weight is 1690 g/mol. The lowest BCUT2D eigenvalue weighted by Crippen LogP contribution is -2.24. The minimum absolute atomic E-state index is 0.214. The lowest BCUT2D eigenvalue weighted by Gasteiger charge is -2.41. The summed E-state index contributed by atoms with van der Waals surface area (Å²) < 4.78 is 149. The summed E-state index contributed by atoms with van der Waals surface area (Å²) in [4.78, 5) is 8.58. The van der Waals surface area contributed by atoms with E-state index in [-0.39, 0.29) is 91.9 Å². The van der Waals surface area contributed by atoms with Crippen LogP contribution in [0.4, 0.5) is 103 Å². The van der Waals surface area contributed by atoms with Gasteiger partial charge in [0.25, 0.3) is 0 Å². The quantitative estimate of drug-likeness (QED) is 0.0358. The van der Waals surface area contributed by atoms with Crippen molar-refractivity contribution < 1.29 is 35.1 Å². The SMILES string of the molecule is CC(C)c1cccc(C(C)C)c1N(c1c(C(C)C)c(F)cc(F)c1C(C)C)c1cc(N(c2c(C(C)C)cccc2C(C)C)c2c(C(C)C)c(F)cc(F)c2C(C)C)c2ccc3c(N(c4c(C(C)C)cccc4C(C)C)c4c(C(C)C)c(F)cc(F)c4C(C)C)cc(N(c4c(C(C)C)cccc4C(C)C)c4c(C(C)C)c(F)cc(F)c4C(C)C)c4ccc1c2c43. The average Bonchev–Trinajstić information content (AvgIpc) is 0.687. The summed E-state index contributed by atoms with van der Waals surface area (Å²) in [5.74, 6) is -12.2. The van der Waals surface area contributed by atoms with Gasteiger partial charge in [-0.2, -0.15) is 0 Å². The molecule has 0 amide bonds. The van der Waals surface area contributed by atoms with Crippen LogP contribution in [-0.2, 0) is 0 Å². The lowest BCUT2D eigenvalue weighted by atomic mass is 9.83. The molecule has 0 aromatic heterocycles. The summed E-state index contributed by atoms with van der Waals surface area (Å²) >= 11 is 0. The van der Waals surface area contributed by atoms with Crippen molar-refractivity contribution in [1.82, 2.24) is 0 Å². The highest BCUT2D eigenvalue weighted by Gasteiger charge is 2.42. The van der Waals surface area contributed by atoms with E-state index in [0.717, 1.165) is 68.8 Å². The number of rotatable bonds is 28. The van der Waals surface area contributed by atoms with Gasteiger partial charge in [0, 0.05) is 101 Å². The van der Waals surface area contributed by atoms with Gasteiger partial charge < -0.3 is 19.6 Å². The molecule has 12 heteroatoms. The van der Waals surface area contributed by atoms with Gasteiger partial charge in [-0.25, -0.2) is 35.1 Å². The van der Waals surface area contributed by atoms with Crippen LogP contribution in [0.5, 0.6) is 0 Å². The van der Waals surface area contributed by atoms with Gasteiger partial charge in [-0.1, -0.05) is 319 Å². The van der Waals surface area contributed by atoms with Crippen LogP contribution in [-0.4, -0.2) is 0 Å². The normalized spacial score (nSPS) is 12.5. The predicted octanol–water partition coefficient (Wildman–Crippen LogP) is 37.6. The highest BCUT2D eigenvalue weighted by atomic mass is 19.2. The number of hydrogen-bond donors (Lipinski definition) is 0. The van der Waals surface area contributed by atoms with Gasteiger partial charge in [-0.3, -0.25) is 0 Å². The molecule has 12 aromatic rings. The van der Waals surface area contributed by atoms with E-state index >= 15 is 35.1 Å². The van der Waals surface area contributed by atoms with Crippen LogP contribution >= 0.6 is 0 Å². The Morgan fingerprint density at radius 2 is 0.290 bits per heavy atom. The van der Waals surface area contributed by atoms with Crippen molar-refractivity contribution in [3.8, 4) is 0 Å². The number of benzene rings is 12. The first-order valence-electron chi connectivity index (χ1n) is 45.8. The molecule has 12 aromatic carbocycles. The van der Waals surface area contributed by atoms with Crippen LogP contribution in [0.25, 0.3) is 32.3 Å². The molecule has 0 heterocycles. The van der Waals surface area contributed by atoms with Crippen LogP contribution in [0.1, 0.15) is 405 Å². The highest BCUT2D eigenvalue weighted by molar-refractivity contribution is 6.33. The molecule has 658 valence electrons. The first-order chi connectivity index (χ1) is 58.2. The molecule has 0 fully saturated rings. The maximum Gasteiger partial charge on any atom is 0.131 e. The summed E-state index contributed by atoms with van der Waals surface area (Å²) in [6, 6.07) is 41.9. The maximum absolute atomic E-state index is 18.6. The molecule has 0 aliphatic heterocycles. The Labute approximate surface area is 736 Å². The van der Waals surface area contributed by atoms with Gasteiger partial charge in [-0.15, -0.1) is 0 Å². The molecule has 0 N–H and O–H groups in total. The van der Waals surface area contributed by atoms with Gasteiger partial charge in [-0.05, 0) is 151 Å². The van der Waals surface area contributed by atoms with Crippen LogP contribution < -0.4 is 19.6 Å². The van der Waals surface area contributed by atoms with Crippen LogP contribution in [0, 0.1) is 46.5 Å². The molecule has 0 spiro atoms. The summed E-state index contributed by atoms with van der Waals surface area (Å²) in [7, 11) is 0. The van der Waals surface area contributed by atoms with Crippen LogP contribution in [0.3, 0.4) is 0 Å². The first-order valence-corrected chi connectivity index (χ1v) is 45.8. The van der Waals surface area contributed by atoms with E-state index in [9.17, 15) is 0 Å². The Balaban J connectivity index is 1.60. The van der Waals surface area contributed by atoms with Gasteiger partial charge in [0.15, 0.2) is 0 Å². The molecule has 4 nitrogen and oxygen atoms in total. The summed E-state index contributed by atoms with van der Waals surface area (Å²) in [5, 5.41) is 3.60. The molecule has 0 radical (unpaired) electrons. The van der Waals surface area contributed by atoms with E-state index in [0.29, 0.717) is 101 Å². The van der Waals surface area contributed by atoms with Crippen molar-refractivity contribution in [2.45, 2.75) is 316 Å². The number of anilines is 12. The van der Waals surface area contributed by atoms with E-state index in [2.05, 4.69) is 240 Å². The molecule has 0 atom stereocenters. The molecule has 12 rings (SSSR count). The van der Waals surface area contributed by atoms with Gasteiger partial charge in [0.2, 0.25) is 0 Å². The number of halogens is 8. The van der Waals surface area contributed by atoms with Gasteiger partial charge in [0.05, 0.1) is 68.2 Å². The molecule has 0 unspecified atom stereocenters. The molecule has 0 saturated heterocycles. The van der Waals surface area contributed by atoms with Crippen LogP contribution in [0.2, 0.25) is 0 Å². The van der Waals surface area contributed by atoms with Crippen molar-refractivity contribution in [2.24, 2.45) is 0 Å². The molecule has 124 heavy (non-hydrogen) atoms. The van der Waals surface area contributed by atoms with E-state index in [1.165, 1.54) is 0 Å². The Kier molecular flexibility index (Phi) is 27.4. The highest BCUT2D eigenvalue weighted by Crippen LogP contribution is 2.63. The van der Waals surface area contributed by atoms with E-state index in [4.69, 9.17) is 0 Å². The van der Waals surface area contributed by atoms with Gasteiger partial charge in [0.1, 0.15) is 46.5 Å². The van der Waals surface area contributed by atoms with Gasteiger partial charge >= 0.3 is 0 Å². The summed E-state index contributed by atoms with van der Waals surface area (Å²) in [5.41, 5.74) is 15.1. The largest absolute Gasteiger partial charge is 0.308 e. The second-order valence-electron chi connectivity index (χ2n) is 39.9. The third-order valence-electron chi connectivity index (χ3n) is 25.7. The smallest absolute Gasteiger partial charge is 0.131 e. The Morgan fingerprint density at radius 3 is 0.403 bits per heavy atom. The third kappa shape index (κ3) is 16.3. The minimum Gasteiger partial charge on any atom is -0.308 e. The number of para-hydroxylation sites is 4. The molecule has 0 aliphatic rings. The Morgan fingerprint density at radius 1 is 0.161 bits per heavy atom. The third-order valence-corrected chi connectivity index (χ3v) is 25.7. The van der Waals surface area contributed by atoms with Crippen molar-refractivity contribution in [3.05, 3.63) is 269 Å². The predicted molar refractivity (Wildman–Crippen MR) is 514 cm³/mol. The molecule has 0 aliphatic carbocycles. The zero-order valence-corrected chi connectivity index (χ0v) is 79.8. The first kappa shape index (κ1) is 93.5. The van der Waals surface area contributed by atoms with Crippen LogP contribution in [0.15, 0.2) is 133 Å². The minimum atomic E-state index is -0.736. The standard InChI is InChI=1S/C112H134F8N4/c1-55(2)71-37-33-38-72(56(3)4)105(71)121(109-95(63(17)18)83(113)49-84(114)96(109)64(19)20)91-53-92(122(106-73(57(5)6)39-34-40-74(106)58(7)8)110-97(65(21)22)85(115)50-86(116)98(110)66(23)24)80-47-48-82-94(124(108-77(61(13)14)43-36-44-78(108)62(15)16)112-101(69(29)30)89(119)52-90(120)102(112)70(31)32)54-93(81-46-45-79(91)103(80)104(81)82)123(107-75(59(9)10)41-35-42-76(107)60(11)12)111-99(67(25)26)87(117)51-88(118)100(111)68(27)28/h33-70H,1-32H3. The summed E-state index contributed by atoms with van der Waals surface area (Å²) in [6.07, 6.45) is 0. The van der Waals surface area contributed by atoms with E-state index in [1.807, 2.05) is 111 Å². The molecular formula is C112H134F8N4. The van der Waals surface area contributed by atoms with Crippen molar-refractivity contribution in [2.75, 3.05) is 19.6 Å². The number of nitrogens with zero attached hydrogens (tertiary/aromatic N) is 4. The van der Waals surface area contributed by atoms with Crippen molar-refractivity contribution in [1.29, 1.82) is 0 Å². The maximum atomic E-state index is 18.6. The Bertz CT molecular complexity index is 5050. The lowest BCUT2D eigenvalue weighted by molar-refractivity contribution is 0.549. The monoisotopic (exact) mass is 1690 g/mol. The van der Waals surface area contributed by atoms with E-state index < -0.39 is 93.9 Å². The Hall–Kier alpha value is -9.68. The second kappa shape index (κ2) is 36.3. The van der Waals surface area contributed by atoms with E-state index in [1.54, 1.807) is 0 Å². The van der Waals surface area contributed by atoms with Crippen molar-refractivity contribution >= 4 is 101 Å². The van der Waals surface area contributed by atoms with Crippen molar-refractivity contribution in [3.63, 3.8) is 0 Å².